The van der Waals surface area contributed by atoms with Crippen molar-refractivity contribution in [1.29, 1.82) is 0 Å². The average molecular weight is 389 g/mol. The second-order valence-electron chi connectivity index (χ2n) is 7.20. The maximum atomic E-state index is 12.2. The number of carbonyl (C=O) groups is 1. The molecular formula is C20H28N4O2S. The van der Waals surface area contributed by atoms with E-state index in [-0.39, 0.29) is 17.9 Å². The highest BCUT2D eigenvalue weighted by Gasteiger charge is 2.13. The van der Waals surface area contributed by atoms with Crippen LogP contribution in [-0.2, 0) is 11.2 Å². The minimum absolute atomic E-state index is 0.00532. The lowest BCUT2D eigenvalue weighted by atomic mass is 10.0. The monoisotopic (exact) mass is 388 g/mol. The molecule has 0 aliphatic heterocycles. The van der Waals surface area contributed by atoms with Crippen molar-refractivity contribution in [2.75, 3.05) is 0 Å². The molecule has 0 radical (unpaired) electrons. The molecule has 2 heterocycles. The van der Waals surface area contributed by atoms with Gasteiger partial charge in [-0.15, -0.1) is 11.3 Å². The molecule has 0 fully saturated rings. The molecule has 27 heavy (non-hydrogen) atoms. The number of hydrazone groups is 1. The zero-order valence-electron chi connectivity index (χ0n) is 16.7. The van der Waals surface area contributed by atoms with Gasteiger partial charge in [0.05, 0.1) is 11.8 Å². The molecule has 0 aromatic carbocycles. The molecular weight excluding hydrogens is 360 g/mol. The van der Waals surface area contributed by atoms with Crippen LogP contribution in [0.25, 0.3) is 10.2 Å². The molecule has 2 rings (SSSR count). The Kier molecular flexibility index (Phi) is 7.47. The van der Waals surface area contributed by atoms with E-state index in [1.165, 1.54) is 16.9 Å². The fraction of sp³-hybridized carbons (Fsp3) is 0.500. The van der Waals surface area contributed by atoms with Gasteiger partial charge in [-0.3, -0.25) is 9.59 Å². The lowest BCUT2D eigenvalue weighted by Crippen LogP contribution is -2.23. The number of aromatic amines is 1. The Morgan fingerprint density at radius 2 is 2.11 bits per heavy atom. The number of hydrogen-bond donors (Lipinski definition) is 2. The van der Waals surface area contributed by atoms with Crippen molar-refractivity contribution in [2.45, 2.75) is 60.3 Å². The molecule has 1 atom stereocenters. The molecule has 0 spiro atoms. The van der Waals surface area contributed by atoms with Crippen LogP contribution in [0.5, 0.6) is 0 Å². The van der Waals surface area contributed by atoms with Gasteiger partial charge in [-0.25, -0.2) is 10.4 Å². The van der Waals surface area contributed by atoms with Gasteiger partial charge in [-0.1, -0.05) is 18.6 Å². The van der Waals surface area contributed by atoms with E-state index in [9.17, 15) is 9.59 Å². The van der Waals surface area contributed by atoms with Crippen LogP contribution >= 0.6 is 11.3 Å². The summed E-state index contributed by atoms with van der Waals surface area (Å²) in [5.74, 6) is 0.569. The number of nitrogens with zero attached hydrogens (tertiary/aromatic N) is 2. The Morgan fingerprint density at radius 1 is 1.37 bits per heavy atom. The van der Waals surface area contributed by atoms with E-state index in [1.54, 1.807) is 6.21 Å². The molecule has 7 heteroatoms. The van der Waals surface area contributed by atoms with Crippen LogP contribution in [0.2, 0.25) is 0 Å². The minimum atomic E-state index is -0.295. The van der Waals surface area contributed by atoms with Gasteiger partial charge in [0.1, 0.15) is 10.7 Å². The van der Waals surface area contributed by atoms with E-state index in [0.29, 0.717) is 22.0 Å². The Labute approximate surface area is 163 Å². The molecule has 2 aromatic heterocycles. The molecule has 2 N–H and O–H groups in total. The number of allylic oxidation sites excluding steroid dienone is 2. The first kappa shape index (κ1) is 21.0. The largest absolute Gasteiger partial charge is 0.309 e. The van der Waals surface area contributed by atoms with E-state index in [1.807, 2.05) is 13.8 Å². The maximum Gasteiger partial charge on any atom is 0.259 e. The standard InChI is InChI=1S/C20H28N4O2S/c1-12(2)7-6-8-13(3)9-10-21-24-17(25)11-16-22-19(26)18-14(4)15(5)27-20(18)23-16/h7,10,13H,6,8-9,11H2,1-5H3,(H,24,25)(H,22,23,26)/b21-10-/t13-/m0/s1. The molecule has 2 aromatic rings. The van der Waals surface area contributed by atoms with Gasteiger partial charge in [0, 0.05) is 11.1 Å². The summed E-state index contributed by atoms with van der Waals surface area (Å²) in [4.78, 5) is 33.1. The molecule has 0 saturated carbocycles. The predicted octanol–water partition coefficient (Wildman–Crippen LogP) is 4.02. The number of rotatable bonds is 8. The fourth-order valence-electron chi connectivity index (χ4n) is 2.70. The summed E-state index contributed by atoms with van der Waals surface area (Å²) in [5.41, 5.74) is 4.59. The van der Waals surface area contributed by atoms with Crippen molar-refractivity contribution in [1.82, 2.24) is 15.4 Å². The van der Waals surface area contributed by atoms with E-state index in [0.717, 1.165) is 29.7 Å². The van der Waals surface area contributed by atoms with E-state index >= 15 is 0 Å². The van der Waals surface area contributed by atoms with E-state index in [2.05, 4.69) is 47.3 Å². The van der Waals surface area contributed by atoms with Crippen LogP contribution in [0, 0.1) is 19.8 Å². The minimum Gasteiger partial charge on any atom is -0.309 e. The normalized spacial score (nSPS) is 12.5. The van der Waals surface area contributed by atoms with Crippen molar-refractivity contribution in [3.05, 3.63) is 38.3 Å². The van der Waals surface area contributed by atoms with Crippen molar-refractivity contribution < 1.29 is 4.79 Å². The van der Waals surface area contributed by atoms with Gasteiger partial charge in [0.2, 0.25) is 5.91 Å². The fourth-order valence-corrected chi connectivity index (χ4v) is 3.75. The molecule has 0 aliphatic carbocycles. The highest BCUT2D eigenvalue weighted by atomic mass is 32.1. The summed E-state index contributed by atoms with van der Waals surface area (Å²) in [5, 5.41) is 4.61. The number of carbonyl (C=O) groups excluding carboxylic acids is 1. The summed E-state index contributed by atoms with van der Waals surface area (Å²) in [7, 11) is 0. The summed E-state index contributed by atoms with van der Waals surface area (Å²) in [6, 6.07) is 0. The number of thiophene rings is 1. The van der Waals surface area contributed by atoms with Crippen LogP contribution in [0.15, 0.2) is 21.5 Å². The van der Waals surface area contributed by atoms with Crippen molar-refractivity contribution in [2.24, 2.45) is 11.0 Å². The molecule has 0 unspecified atom stereocenters. The van der Waals surface area contributed by atoms with Crippen LogP contribution in [0.3, 0.4) is 0 Å². The Balaban J connectivity index is 1.86. The van der Waals surface area contributed by atoms with Gasteiger partial charge >= 0.3 is 0 Å². The number of H-pyrrole nitrogens is 1. The zero-order chi connectivity index (χ0) is 20.0. The van der Waals surface area contributed by atoms with Crippen LogP contribution < -0.4 is 11.0 Å². The summed E-state index contributed by atoms with van der Waals surface area (Å²) in [6.07, 6.45) is 6.93. The quantitative estimate of drug-likeness (QED) is 0.407. The van der Waals surface area contributed by atoms with Crippen molar-refractivity contribution in [3.63, 3.8) is 0 Å². The third-order valence-electron chi connectivity index (χ3n) is 4.42. The molecule has 0 bridgehead atoms. The van der Waals surface area contributed by atoms with E-state index in [4.69, 9.17) is 0 Å². The lowest BCUT2D eigenvalue weighted by molar-refractivity contribution is -0.120. The summed E-state index contributed by atoms with van der Waals surface area (Å²) < 4.78 is 0. The van der Waals surface area contributed by atoms with Crippen LogP contribution in [0.1, 0.15) is 56.3 Å². The highest BCUT2D eigenvalue weighted by Crippen LogP contribution is 2.25. The number of nitrogens with one attached hydrogen (secondary N) is 2. The van der Waals surface area contributed by atoms with Crippen molar-refractivity contribution >= 4 is 33.7 Å². The number of aromatic nitrogens is 2. The third kappa shape index (κ3) is 6.13. The topological polar surface area (TPSA) is 87.2 Å². The Hall–Kier alpha value is -2.28. The van der Waals surface area contributed by atoms with Gasteiger partial charge in [0.15, 0.2) is 0 Å². The second kappa shape index (κ2) is 9.60. The molecule has 0 aliphatic rings. The van der Waals surface area contributed by atoms with Crippen molar-refractivity contribution in [3.8, 4) is 0 Å². The summed E-state index contributed by atoms with van der Waals surface area (Å²) >= 11 is 1.47. The first-order chi connectivity index (χ1) is 12.8. The molecule has 146 valence electrons. The van der Waals surface area contributed by atoms with Gasteiger partial charge in [0.25, 0.3) is 5.56 Å². The first-order valence-corrected chi connectivity index (χ1v) is 10.0. The van der Waals surface area contributed by atoms with Crippen LogP contribution in [-0.4, -0.2) is 22.1 Å². The lowest BCUT2D eigenvalue weighted by Gasteiger charge is -2.06. The maximum absolute atomic E-state index is 12.2. The van der Waals surface area contributed by atoms with Crippen LogP contribution in [0.4, 0.5) is 0 Å². The molecule has 0 saturated heterocycles. The smallest absolute Gasteiger partial charge is 0.259 e. The number of aryl methyl sites for hydroxylation is 2. The Morgan fingerprint density at radius 3 is 2.81 bits per heavy atom. The predicted molar refractivity (Wildman–Crippen MR) is 112 cm³/mol. The SMILES string of the molecule is CC(C)=CCC[C@H](C)C/C=N\NC(=O)Cc1nc2sc(C)c(C)c2c(=O)[nH]1. The first-order valence-electron chi connectivity index (χ1n) is 9.20. The molecule has 6 nitrogen and oxygen atoms in total. The third-order valence-corrected chi connectivity index (χ3v) is 5.52. The highest BCUT2D eigenvalue weighted by molar-refractivity contribution is 7.18. The average Bonchev–Trinajstić information content (AvgIpc) is 2.86. The van der Waals surface area contributed by atoms with E-state index < -0.39 is 0 Å². The van der Waals surface area contributed by atoms with Gasteiger partial charge < -0.3 is 4.98 Å². The Bertz CT molecular complexity index is 920. The van der Waals surface area contributed by atoms with Gasteiger partial charge in [-0.05, 0) is 58.4 Å². The second-order valence-corrected chi connectivity index (χ2v) is 8.40. The number of amides is 1. The van der Waals surface area contributed by atoms with Gasteiger partial charge in [-0.2, -0.15) is 5.10 Å². The number of hydrogen-bond acceptors (Lipinski definition) is 5. The molecule has 1 amide bonds. The zero-order valence-corrected chi connectivity index (χ0v) is 17.5. The summed E-state index contributed by atoms with van der Waals surface area (Å²) in [6.45, 7) is 10.2. The number of fused-ring (bicyclic) bond motifs is 1.